The van der Waals surface area contributed by atoms with E-state index in [2.05, 4.69) is 0 Å². The quantitative estimate of drug-likeness (QED) is 0.176. The Hall–Kier alpha value is -4.57. The number of thiophene rings is 1. The third-order valence-electron chi connectivity index (χ3n) is 10.7. The molecule has 1 aromatic heterocycles. The molecule has 2 aliphatic heterocycles. The lowest BCUT2D eigenvalue weighted by atomic mass is 9.49. The van der Waals surface area contributed by atoms with Crippen LogP contribution in [0.1, 0.15) is 34.8 Å². The minimum atomic E-state index is -1.41. The van der Waals surface area contributed by atoms with Gasteiger partial charge in [0.05, 0.1) is 42.0 Å². The zero-order valence-corrected chi connectivity index (χ0v) is 28.0. The molecule has 4 amide bonds. The Bertz CT molecular complexity index is 2000. The van der Waals surface area contributed by atoms with Crippen LogP contribution in [0.4, 0.5) is 5.69 Å². The van der Waals surface area contributed by atoms with Gasteiger partial charge in [-0.2, -0.15) is 0 Å². The van der Waals surface area contributed by atoms with Gasteiger partial charge in [0.25, 0.3) is 0 Å². The van der Waals surface area contributed by atoms with Crippen LogP contribution < -0.4 is 9.64 Å². The highest BCUT2D eigenvalue weighted by molar-refractivity contribution is 7.09. The van der Waals surface area contributed by atoms with Gasteiger partial charge in [0.15, 0.2) is 0 Å². The van der Waals surface area contributed by atoms with Crippen molar-refractivity contribution < 1.29 is 29.0 Å². The fourth-order valence-electron chi connectivity index (χ4n) is 8.87. The number of aliphatic hydroxyl groups is 1. The summed E-state index contributed by atoms with van der Waals surface area (Å²) in [5, 5.41) is 12.0. The van der Waals surface area contributed by atoms with E-state index in [1.165, 1.54) is 21.1 Å². The Balaban J connectivity index is 1.35. The predicted molar refractivity (Wildman–Crippen MR) is 185 cm³/mol. The number of amides is 4. The van der Waals surface area contributed by atoms with Crippen LogP contribution in [0, 0.1) is 23.7 Å². The lowest BCUT2D eigenvalue weighted by Crippen LogP contribution is -2.53. The van der Waals surface area contributed by atoms with Gasteiger partial charge in [0, 0.05) is 21.4 Å². The molecular weight excluding hydrogens is 660 g/mol. The number of allylic oxidation sites excluding steroid dienone is 2. The van der Waals surface area contributed by atoms with E-state index in [4.69, 9.17) is 16.3 Å². The van der Waals surface area contributed by atoms with Crippen molar-refractivity contribution in [3.63, 3.8) is 0 Å². The van der Waals surface area contributed by atoms with E-state index >= 15 is 4.79 Å². The molecule has 8 rings (SSSR count). The molecule has 0 spiro atoms. The SMILES string of the molecule is O=C1C2CC=C3C(CC4C(=O)N(c5cccc(Cl)c5)C(=O)C4(c4ccccc4)C3c3ccccc3OCCO)C2C(=O)N1Cc1cccs1. The van der Waals surface area contributed by atoms with Crippen molar-refractivity contribution in [1.82, 2.24) is 4.90 Å². The van der Waals surface area contributed by atoms with Crippen LogP contribution in [0.5, 0.6) is 5.75 Å². The Labute approximate surface area is 292 Å². The van der Waals surface area contributed by atoms with Crippen molar-refractivity contribution in [2.45, 2.75) is 30.7 Å². The number of hydrogen-bond acceptors (Lipinski definition) is 7. The van der Waals surface area contributed by atoms with E-state index in [0.29, 0.717) is 34.0 Å². The average Bonchev–Trinajstić information content (AvgIpc) is 3.78. The second-order valence-electron chi connectivity index (χ2n) is 13.0. The van der Waals surface area contributed by atoms with Crippen LogP contribution >= 0.6 is 22.9 Å². The van der Waals surface area contributed by atoms with Gasteiger partial charge in [-0.1, -0.05) is 83.9 Å². The minimum Gasteiger partial charge on any atom is -0.491 e. The maximum atomic E-state index is 15.4. The smallest absolute Gasteiger partial charge is 0.246 e. The molecule has 6 atom stereocenters. The largest absolute Gasteiger partial charge is 0.491 e. The fourth-order valence-corrected chi connectivity index (χ4v) is 9.75. The molecule has 3 fully saturated rings. The molecule has 3 heterocycles. The van der Waals surface area contributed by atoms with Crippen LogP contribution in [0.15, 0.2) is 108 Å². The van der Waals surface area contributed by atoms with Crippen molar-refractivity contribution in [2.75, 3.05) is 18.1 Å². The third-order valence-corrected chi connectivity index (χ3v) is 11.8. The number of ether oxygens (including phenoxy) is 1. The molecule has 0 radical (unpaired) electrons. The summed E-state index contributed by atoms with van der Waals surface area (Å²) in [6.07, 6.45) is 2.60. The van der Waals surface area contributed by atoms with Crippen molar-refractivity contribution in [3.8, 4) is 5.75 Å². The normalized spacial score (nSPS) is 27.6. The van der Waals surface area contributed by atoms with Gasteiger partial charge in [-0.15, -0.1) is 11.3 Å². The summed E-state index contributed by atoms with van der Waals surface area (Å²) in [6.45, 7) is 0.0328. The molecule has 3 aromatic carbocycles. The first kappa shape index (κ1) is 31.7. The van der Waals surface area contributed by atoms with Crippen LogP contribution in [-0.2, 0) is 31.1 Å². The number of likely N-dealkylation sites (tertiary alicyclic amines) is 1. The molecule has 2 saturated heterocycles. The van der Waals surface area contributed by atoms with Crippen LogP contribution in [-0.4, -0.2) is 46.8 Å². The summed E-state index contributed by atoms with van der Waals surface area (Å²) in [7, 11) is 0. The highest BCUT2D eigenvalue weighted by atomic mass is 35.5. The first-order chi connectivity index (χ1) is 23.9. The number of anilines is 1. The molecule has 49 heavy (non-hydrogen) atoms. The minimum absolute atomic E-state index is 0.0326. The van der Waals surface area contributed by atoms with Gasteiger partial charge in [0.2, 0.25) is 23.6 Å². The second-order valence-corrected chi connectivity index (χ2v) is 14.5. The van der Waals surface area contributed by atoms with Crippen molar-refractivity contribution in [1.29, 1.82) is 0 Å². The number of nitrogens with zero attached hydrogens (tertiary/aromatic N) is 2. The van der Waals surface area contributed by atoms with Crippen LogP contribution in [0.2, 0.25) is 5.02 Å². The highest BCUT2D eigenvalue weighted by Gasteiger charge is 2.70. The van der Waals surface area contributed by atoms with E-state index in [1.54, 1.807) is 30.3 Å². The number of imide groups is 2. The van der Waals surface area contributed by atoms with E-state index in [0.717, 1.165) is 10.5 Å². The maximum Gasteiger partial charge on any atom is 0.246 e. The lowest BCUT2D eigenvalue weighted by molar-refractivity contribution is -0.141. The molecule has 0 bridgehead atoms. The van der Waals surface area contributed by atoms with Gasteiger partial charge in [-0.25, -0.2) is 4.90 Å². The summed E-state index contributed by atoms with van der Waals surface area (Å²) in [5.74, 6) is -3.99. The first-order valence-corrected chi connectivity index (χ1v) is 17.7. The summed E-state index contributed by atoms with van der Waals surface area (Å²) in [4.78, 5) is 62.0. The second kappa shape index (κ2) is 12.4. The number of carbonyl (C=O) groups excluding carboxylic acids is 4. The summed E-state index contributed by atoms with van der Waals surface area (Å²) < 4.78 is 6.11. The molecule has 8 nitrogen and oxygen atoms in total. The topological polar surface area (TPSA) is 104 Å². The number of rotatable bonds is 8. The predicted octanol–water partition coefficient (Wildman–Crippen LogP) is 6.14. The van der Waals surface area contributed by atoms with E-state index in [1.807, 2.05) is 72.1 Å². The Kier molecular flexibility index (Phi) is 8.01. The summed E-state index contributed by atoms with van der Waals surface area (Å²) >= 11 is 7.90. The Morgan fingerprint density at radius 2 is 1.67 bits per heavy atom. The first-order valence-electron chi connectivity index (χ1n) is 16.5. The molecule has 2 aliphatic carbocycles. The molecule has 1 saturated carbocycles. The number of aliphatic hydroxyl groups excluding tert-OH is 1. The number of halogens is 1. The van der Waals surface area contributed by atoms with Crippen LogP contribution in [0.3, 0.4) is 0 Å². The standard InChI is InChI=1S/C39H33ClN2O6S/c40-24-10-6-11-25(20-24)42-36(45)31-21-30-27(15-16-29-33(30)37(46)41(35(29)44)22-26-12-7-19-49-26)34(28-13-4-5-14-32(28)48-18-17-43)39(31,38(42)47)23-8-2-1-3-9-23/h1-15,19-20,29-31,33-34,43H,16-18,21-22H2. The van der Waals surface area contributed by atoms with Crippen molar-refractivity contribution in [2.24, 2.45) is 23.7 Å². The highest BCUT2D eigenvalue weighted by Crippen LogP contribution is 2.65. The maximum absolute atomic E-state index is 15.4. The zero-order chi connectivity index (χ0) is 33.9. The molecule has 248 valence electrons. The molecule has 1 N–H and O–H groups in total. The van der Waals surface area contributed by atoms with Gasteiger partial charge in [-0.05, 0) is 60.0 Å². The van der Waals surface area contributed by atoms with Gasteiger partial charge >= 0.3 is 0 Å². The number of fused-ring (bicyclic) bond motifs is 4. The number of para-hydroxylation sites is 1. The number of carbonyl (C=O) groups is 4. The third kappa shape index (κ3) is 4.81. The molecule has 6 unspecified atom stereocenters. The lowest BCUT2D eigenvalue weighted by Gasteiger charge is -2.51. The van der Waals surface area contributed by atoms with E-state index in [-0.39, 0.29) is 49.8 Å². The average molecular weight is 693 g/mol. The van der Waals surface area contributed by atoms with E-state index in [9.17, 15) is 19.5 Å². The van der Waals surface area contributed by atoms with E-state index < -0.39 is 35.0 Å². The number of benzene rings is 3. The van der Waals surface area contributed by atoms with Gasteiger partial charge in [-0.3, -0.25) is 24.1 Å². The van der Waals surface area contributed by atoms with Crippen molar-refractivity contribution >= 4 is 52.3 Å². The monoisotopic (exact) mass is 692 g/mol. The summed E-state index contributed by atoms with van der Waals surface area (Å²) in [6, 6.07) is 27.3. The molecule has 4 aromatic rings. The van der Waals surface area contributed by atoms with Gasteiger partial charge in [0.1, 0.15) is 12.4 Å². The molecule has 4 aliphatic rings. The number of hydrogen-bond donors (Lipinski definition) is 1. The van der Waals surface area contributed by atoms with Gasteiger partial charge < -0.3 is 9.84 Å². The van der Waals surface area contributed by atoms with Crippen molar-refractivity contribution in [3.05, 3.63) is 129 Å². The Morgan fingerprint density at radius 1 is 0.878 bits per heavy atom. The summed E-state index contributed by atoms with van der Waals surface area (Å²) in [5.41, 5.74) is 1.19. The molecule has 10 heteroatoms. The fraction of sp³-hybridized carbons (Fsp3) is 0.282. The Morgan fingerprint density at radius 3 is 2.43 bits per heavy atom. The van der Waals surface area contributed by atoms with Crippen LogP contribution in [0.25, 0.3) is 0 Å². The zero-order valence-electron chi connectivity index (χ0n) is 26.4. The molecular formula is C39H33ClN2O6S.